The number of nitrogens with one attached hydrogen (secondary N) is 1. The van der Waals surface area contributed by atoms with Crippen molar-refractivity contribution >= 4 is 39.7 Å². The number of amides is 1. The molecule has 0 aliphatic heterocycles. The Morgan fingerprint density at radius 1 is 1.10 bits per heavy atom. The molecule has 8 heteroatoms. The molecule has 1 amide bonds. The number of para-hydroxylation sites is 2. The minimum Gasteiger partial charge on any atom is -0.354 e. The van der Waals surface area contributed by atoms with Crippen LogP contribution in [0.15, 0.2) is 42.5 Å². The van der Waals surface area contributed by atoms with E-state index in [1.807, 2.05) is 46.7 Å². The first-order valence-electron chi connectivity index (χ1n) is 9.37. The number of hydrogen-bond donors (Lipinski definition) is 1. The quantitative estimate of drug-likeness (QED) is 0.507. The summed E-state index contributed by atoms with van der Waals surface area (Å²) in [5, 5.41) is 2.96. The molecule has 1 N–H and O–H groups in total. The lowest BCUT2D eigenvalue weighted by atomic mass is 10.3. The van der Waals surface area contributed by atoms with E-state index in [1.165, 1.54) is 12.1 Å². The summed E-state index contributed by atoms with van der Waals surface area (Å²) < 4.78 is 17.3. The second kappa shape index (κ2) is 8.24. The highest BCUT2D eigenvalue weighted by atomic mass is 32.2. The Morgan fingerprint density at radius 3 is 2.72 bits per heavy atom. The number of carbonyl (C=O) groups is 1. The van der Waals surface area contributed by atoms with Crippen LogP contribution in [0, 0.1) is 5.82 Å². The number of halogens is 1. The average molecular weight is 412 g/mol. The molecule has 4 aromatic rings. The van der Waals surface area contributed by atoms with Gasteiger partial charge in [-0.2, -0.15) is 11.8 Å². The number of carbonyl (C=O) groups excluding carboxylic acids is 1. The first-order chi connectivity index (χ1) is 14.1. The van der Waals surface area contributed by atoms with Crippen molar-refractivity contribution in [3.63, 3.8) is 0 Å². The monoisotopic (exact) mass is 411 g/mol. The van der Waals surface area contributed by atoms with Crippen molar-refractivity contribution in [1.29, 1.82) is 0 Å². The lowest BCUT2D eigenvalue weighted by molar-refractivity contribution is -0.121. The zero-order valence-corrected chi connectivity index (χ0v) is 17.2. The summed E-state index contributed by atoms with van der Waals surface area (Å²) in [6, 6.07) is 12.4. The Bertz CT molecular complexity index is 1180. The lowest BCUT2D eigenvalue weighted by Crippen LogP contribution is -2.30. The zero-order chi connectivity index (χ0) is 20.4. The first-order valence-corrected chi connectivity index (χ1v) is 10.8. The van der Waals surface area contributed by atoms with Gasteiger partial charge in [0, 0.05) is 26.1 Å². The molecule has 0 bridgehead atoms. The van der Waals surface area contributed by atoms with Crippen LogP contribution in [0.25, 0.3) is 22.1 Å². The van der Waals surface area contributed by atoms with Gasteiger partial charge in [0.1, 0.15) is 24.0 Å². The van der Waals surface area contributed by atoms with Crippen LogP contribution >= 0.6 is 11.8 Å². The first kappa shape index (κ1) is 19.4. The molecule has 2 aromatic carbocycles. The molecule has 0 saturated carbocycles. The Hall–Kier alpha value is -2.87. The molecule has 6 nitrogen and oxygen atoms in total. The number of imidazole rings is 2. The van der Waals surface area contributed by atoms with Gasteiger partial charge >= 0.3 is 0 Å². The number of nitrogens with zero attached hydrogens (tertiary/aromatic N) is 4. The van der Waals surface area contributed by atoms with E-state index in [2.05, 4.69) is 15.3 Å². The summed E-state index contributed by atoms with van der Waals surface area (Å²) in [4.78, 5) is 21.7. The van der Waals surface area contributed by atoms with Gasteiger partial charge < -0.3 is 14.5 Å². The number of fused-ring (bicyclic) bond motifs is 2. The minimum absolute atomic E-state index is 0.0692. The highest BCUT2D eigenvalue weighted by molar-refractivity contribution is 7.97. The molecule has 0 fully saturated rings. The molecule has 2 aromatic heterocycles. The summed E-state index contributed by atoms with van der Waals surface area (Å²) in [7, 11) is 1.90. The summed E-state index contributed by atoms with van der Waals surface area (Å²) in [6.45, 7) is 0.688. The normalized spacial score (nSPS) is 11.4. The van der Waals surface area contributed by atoms with E-state index < -0.39 is 0 Å². The van der Waals surface area contributed by atoms with Crippen molar-refractivity contribution in [2.75, 3.05) is 12.8 Å². The molecule has 0 aliphatic rings. The molecule has 0 atom stereocenters. The van der Waals surface area contributed by atoms with Crippen LogP contribution in [-0.2, 0) is 30.6 Å². The van der Waals surface area contributed by atoms with Gasteiger partial charge in [-0.3, -0.25) is 4.79 Å². The molecular weight excluding hydrogens is 389 g/mol. The fraction of sp³-hybridized carbons (Fsp3) is 0.286. The van der Waals surface area contributed by atoms with Gasteiger partial charge in [0.25, 0.3) is 0 Å². The van der Waals surface area contributed by atoms with Crippen LogP contribution < -0.4 is 5.32 Å². The largest absolute Gasteiger partial charge is 0.354 e. The third-order valence-electron chi connectivity index (χ3n) is 4.92. The summed E-state index contributed by atoms with van der Waals surface area (Å²) in [5.74, 6) is 2.08. The van der Waals surface area contributed by atoms with Crippen LogP contribution in [0.4, 0.5) is 4.39 Å². The van der Waals surface area contributed by atoms with Gasteiger partial charge in [-0.1, -0.05) is 12.1 Å². The number of thioether (sulfide) groups is 1. The third-order valence-corrected chi connectivity index (χ3v) is 5.46. The summed E-state index contributed by atoms with van der Waals surface area (Å²) in [6.07, 6.45) is 2.59. The maximum absolute atomic E-state index is 13.4. The van der Waals surface area contributed by atoms with Crippen molar-refractivity contribution in [2.24, 2.45) is 7.05 Å². The van der Waals surface area contributed by atoms with Gasteiger partial charge in [-0.15, -0.1) is 0 Å². The van der Waals surface area contributed by atoms with Gasteiger partial charge in [0.05, 0.1) is 27.8 Å². The van der Waals surface area contributed by atoms with Crippen LogP contribution in [-0.4, -0.2) is 37.8 Å². The SMILES string of the molecule is CSCc1nc2ccccc2n1CC(=O)NCCc1nc2cc(F)ccc2n1C. The van der Waals surface area contributed by atoms with Gasteiger partial charge in [0.2, 0.25) is 5.91 Å². The fourth-order valence-corrected chi connectivity index (χ4v) is 3.98. The standard InChI is InChI=1S/C21H22FN5OS/c1-26-17-8-7-14(22)11-16(17)25-19(26)9-10-23-21(28)12-27-18-6-4-3-5-15(18)24-20(27)13-29-2/h3-8,11H,9-10,12-13H2,1-2H3,(H,23,28). The van der Waals surface area contributed by atoms with E-state index in [0.29, 0.717) is 18.5 Å². The summed E-state index contributed by atoms with van der Waals surface area (Å²) >= 11 is 1.68. The lowest BCUT2D eigenvalue weighted by Gasteiger charge is -2.10. The van der Waals surface area contributed by atoms with E-state index in [-0.39, 0.29) is 18.3 Å². The number of hydrogen-bond acceptors (Lipinski definition) is 4. The molecular formula is C21H22FN5OS. The molecule has 150 valence electrons. The van der Waals surface area contributed by atoms with Crippen molar-refractivity contribution in [1.82, 2.24) is 24.4 Å². The van der Waals surface area contributed by atoms with Gasteiger partial charge in [-0.05, 0) is 30.5 Å². The minimum atomic E-state index is -0.302. The van der Waals surface area contributed by atoms with Crippen molar-refractivity contribution < 1.29 is 9.18 Å². The van der Waals surface area contributed by atoms with Gasteiger partial charge in [-0.25, -0.2) is 14.4 Å². The maximum atomic E-state index is 13.4. The Morgan fingerprint density at radius 2 is 1.90 bits per heavy atom. The van der Waals surface area contributed by atoms with Crippen LogP contribution in [0.3, 0.4) is 0 Å². The molecule has 0 saturated heterocycles. The second-order valence-corrected chi connectivity index (χ2v) is 7.72. The molecule has 0 unspecified atom stereocenters. The third kappa shape index (κ3) is 3.98. The van der Waals surface area contributed by atoms with Gasteiger partial charge in [0.15, 0.2) is 0 Å². The molecule has 0 aliphatic carbocycles. The highest BCUT2D eigenvalue weighted by Gasteiger charge is 2.14. The molecule has 0 spiro atoms. The fourth-order valence-electron chi connectivity index (χ4n) is 3.50. The van der Waals surface area contributed by atoms with Crippen molar-refractivity contribution in [3.05, 3.63) is 59.9 Å². The van der Waals surface area contributed by atoms with E-state index in [0.717, 1.165) is 34.0 Å². The van der Waals surface area contributed by atoms with E-state index in [4.69, 9.17) is 0 Å². The zero-order valence-electron chi connectivity index (χ0n) is 16.4. The van der Waals surface area contributed by atoms with E-state index in [1.54, 1.807) is 17.8 Å². The Kier molecular flexibility index (Phi) is 5.53. The van der Waals surface area contributed by atoms with E-state index >= 15 is 0 Å². The van der Waals surface area contributed by atoms with Crippen LogP contribution in [0.1, 0.15) is 11.6 Å². The van der Waals surface area contributed by atoms with Crippen LogP contribution in [0.5, 0.6) is 0 Å². The molecule has 0 radical (unpaired) electrons. The summed E-state index contributed by atoms with van der Waals surface area (Å²) in [5.41, 5.74) is 3.36. The average Bonchev–Trinajstić information content (AvgIpc) is 3.20. The predicted molar refractivity (Wildman–Crippen MR) is 114 cm³/mol. The Labute approximate surface area is 172 Å². The smallest absolute Gasteiger partial charge is 0.240 e. The number of rotatable bonds is 7. The molecule has 29 heavy (non-hydrogen) atoms. The molecule has 4 rings (SSSR count). The predicted octanol–water partition coefficient (Wildman–Crippen LogP) is 3.28. The van der Waals surface area contributed by atoms with Crippen LogP contribution in [0.2, 0.25) is 0 Å². The number of benzene rings is 2. The number of aryl methyl sites for hydroxylation is 1. The topological polar surface area (TPSA) is 64.7 Å². The second-order valence-electron chi connectivity index (χ2n) is 6.86. The van der Waals surface area contributed by atoms with Crippen molar-refractivity contribution in [3.8, 4) is 0 Å². The highest BCUT2D eigenvalue weighted by Crippen LogP contribution is 2.19. The molecule has 2 heterocycles. The maximum Gasteiger partial charge on any atom is 0.240 e. The number of aromatic nitrogens is 4. The van der Waals surface area contributed by atoms with E-state index in [9.17, 15) is 9.18 Å². The van der Waals surface area contributed by atoms with Crippen molar-refractivity contribution in [2.45, 2.75) is 18.7 Å². The Balaban J connectivity index is 1.43.